The van der Waals surface area contributed by atoms with E-state index >= 15 is 0 Å². The van der Waals surface area contributed by atoms with Crippen molar-refractivity contribution in [2.75, 3.05) is 0 Å². The Bertz CT molecular complexity index is 873. The van der Waals surface area contributed by atoms with Crippen molar-refractivity contribution in [2.24, 2.45) is 5.92 Å². The molecule has 1 heterocycles. The first-order chi connectivity index (χ1) is 11.6. The third kappa shape index (κ3) is 3.24. The predicted octanol–water partition coefficient (Wildman–Crippen LogP) is 4.89. The Morgan fingerprint density at radius 2 is 1.62 bits per heavy atom. The van der Waals surface area contributed by atoms with Gasteiger partial charge in [0.05, 0.1) is 0 Å². The minimum absolute atomic E-state index is 0.103. The van der Waals surface area contributed by atoms with Gasteiger partial charge in [0.25, 0.3) is 5.56 Å². The zero-order chi connectivity index (χ0) is 17.1. The zero-order valence-electron chi connectivity index (χ0n) is 14.8. The molecule has 0 aliphatic rings. The molecule has 24 heavy (non-hydrogen) atoms. The van der Waals surface area contributed by atoms with E-state index in [4.69, 9.17) is 0 Å². The minimum Gasteiger partial charge on any atom is -0.308 e. The summed E-state index contributed by atoms with van der Waals surface area (Å²) in [7, 11) is 0. The molecule has 2 aromatic carbocycles. The number of hydrogen-bond acceptors (Lipinski definition) is 1. The van der Waals surface area contributed by atoms with E-state index in [1.165, 1.54) is 25.7 Å². The van der Waals surface area contributed by atoms with Crippen LogP contribution < -0.4 is 10.9 Å². The van der Waals surface area contributed by atoms with Crippen LogP contribution in [0.25, 0.3) is 28.1 Å². The standard InChI is InChI=1S/C22H27NO/c1-16(2)10-6-4-5-7-15-23-17(3)19-13-8-11-18-12-9-14-20(21(18)19)22(23)24/h8-9,11-14,16H,3-7,10,15H2,1-2H3. The molecular formula is C22H27NO. The molecule has 0 bridgehead atoms. The number of aromatic nitrogens is 1. The second-order valence-corrected chi connectivity index (χ2v) is 7.21. The van der Waals surface area contributed by atoms with Crippen LogP contribution >= 0.6 is 0 Å². The summed E-state index contributed by atoms with van der Waals surface area (Å²) in [5.41, 5.74) is 0.103. The van der Waals surface area contributed by atoms with Crippen molar-refractivity contribution in [3.63, 3.8) is 0 Å². The highest BCUT2D eigenvalue weighted by molar-refractivity contribution is 6.09. The van der Waals surface area contributed by atoms with Crippen LogP contribution in [0, 0.1) is 5.92 Å². The van der Waals surface area contributed by atoms with E-state index in [9.17, 15) is 4.79 Å². The van der Waals surface area contributed by atoms with Crippen LogP contribution in [0.3, 0.4) is 0 Å². The molecule has 0 spiro atoms. The molecule has 0 radical (unpaired) electrons. The average Bonchev–Trinajstić information content (AvgIpc) is 2.58. The highest BCUT2D eigenvalue weighted by atomic mass is 16.1. The third-order valence-corrected chi connectivity index (χ3v) is 4.93. The van der Waals surface area contributed by atoms with Gasteiger partial charge in [-0.1, -0.05) is 76.4 Å². The van der Waals surface area contributed by atoms with E-state index in [-0.39, 0.29) is 5.56 Å². The predicted molar refractivity (Wildman–Crippen MR) is 104 cm³/mol. The first kappa shape index (κ1) is 16.8. The van der Waals surface area contributed by atoms with E-state index in [2.05, 4.69) is 38.6 Å². The monoisotopic (exact) mass is 321 g/mol. The Kier molecular flexibility index (Phi) is 5.03. The van der Waals surface area contributed by atoms with Crippen molar-refractivity contribution in [1.82, 2.24) is 4.57 Å². The Morgan fingerprint density at radius 3 is 2.33 bits per heavy atom. The van der Waals surface area contributed by atoms with Gasteiger partial charge in [0.15, 0.2) is 0 Å². The van der Waals surface area contributed by atoms with Crippen LogP contribution in [-0.2, 0) is 6.54 Å². The molecule has 0 saturated carbocycles. The highest BCUT2D eigenvalue weighted by Crippen LogP contribution is 2.21. The Labute approximate surface area is 143 Å². The van der Waals surface area contributed by atoms with E-state index in [0.29, 0.717) is 0 Å². The van der Waals surface area contributed by atoms with Crippen molar-refractivity contribution in [2.45, 2.75) is 52.5 Å². The molecule has 3 aromatic rings. The molecular weight excluding hydrogens is 294 g/mol. The summed E-state index contributed by atoms with van der Waals surface area (Å²) in [6.07, 6.45) is 6.05. The molecule has 0 N–H and O–H groups in total. The maximum atomic E-state index is 12.9. The van der Waals surface area contributed by atoms with Gasteiger partial charge in [0.1, 0.15) is 0 Å². The lowest BCUT2D eigenvalue weighted by Gasteiger charge is -2.12. The van der Waals surface area contributed by atoms with Crippen LogP contribution in [0.15, 0.2) is 41.2 Å². The van der Waals surface area contributed by atoms with Gasteiger partial charge in [-0.25, -0.2) is 0 Å². The summed E-state index contributed by atoms with van der Waals surface area (Å²) in [6, 6.07) is 12.2. The fraction of sp³-hybridized carbons (Fsp3) is 0.409. The summed E-state index contributed by atoms with van der Waals surface area (Å²) >= 11 is 0. The highest BCUT2D eigenvalue weighted by Gasteiger charge is 2.10. The Morgan fingerprint density at radius 1 is 0.958 bits per heavy atom. The van der Waals surface area contributed by atoms with Crippen LogP contribution in [0.1, 0.15) is 46.0 Å². The molecule has 0 atom stereocenters. The summed E-state index contributed by atoms with van der Waals surface area (Å²) in [5, 5.41) is 4.94. The maximum Gasteiger partial charge on any atom is 0.258 e. The van der Waals surface area contributed by atoms with E-state index in [0.717, 1.165) is 45.8 Å². The third-order valence-electron chi connectivity index (χ3n) is 4.93. The summed E-state index contributed by atoms with van der Waals surface area (Å²) < 4.78 is 1.87. The Balaban J connectivity index is 1.84. The second-order valence-electron chi connectivity index (χ2n) is 7.21. The molecule has 0 saturated heterocycles. The molecule has 126 valence electrons. The molecule has 3 rings (SSSR count). The van der Waals surface area contributed by atoms with E-state index < -0.39 is 0 Å². The van der Waals surface area contributed by atoms with Crippen molar-refractivity contribution in [3.05, 3.63) is 52.1 Å². The summed E-state index contributed by atoms with van der Waals surface area (Å²) in [5.74, 6) is 0.783. The molecule has 1 aromatic heterocycles. The summed E-state index contributed by atoms with van der Waals surface area (Å²) in [4.78, 5) is 12.9. The van der Waals surface area contributed by atoms with Gasteiger partial charge >= 0.3 is 0 Å². The molecule has 2 nitrogen and oxygen atoms in total. The van der Waals surface area contributed by atoms with Crippen molar-refractivity contribution >= 4 is 28.1 Å². The van der Waals surface area contributed by atoms with Gasteiger partial charge in [0.2, 0.25) is 0 Å². The lowest BCUT2D eigenvalue weighted by Crippen LogP contribution is -2.33. The first-order valence-electron chi connectivity index (χ1n) is 9.12. The van der Waals surface area contributed by atoms with Gasteiger partial charge in [-0.2, -0.15) is 0 Å². The fourth-order valence-corrected chi connectivity index (χ4v) is 3.59. The maximum absolute atomic E-state index is 12.9. The minimum atomic E-state index is 0.103. The quantitative estimate of drug-likeness (QED) is 0.568. The topological polar surface area (TPSA) is 22.0 Å². The smallest absolute Gasteiger partial charge is 0.258 e. The number of hydrogen-bond donors (Lipinski definition) is 0. The SMILES string of the molecule is C=c1c2cccc3cccc(c(=O)n1CCCCCCC(C)C)c32. The van der Waals surface area contributed by atoms with Crippen molar-refractivity contribution < 1.29 is 0 Å². The van der Waals surface area contributed by atoms with Crippen LogP contribution in [0.2, 0.25) is 0 Å². The molecule has 0 aliphatic heterocycles. The lowest BCUT2D eigenvalue weighted by molar-refractivity contribution is 0.502. The van der Waals surface area contributed by atoms with Crippen LogP contribution in [0.4, 0.5) is 0 Å². The summed E-state index contributed by atoms with van der Waals surface area (Å²) in [6.45, 7) is 9.53. The number of benzene rings is 2. The second kappa shape index (κ2) is 7.21. The normalized spacial score (nSPS) is 11.8. The van der Waals surface area contributed by atoms with Gasteiger partial charge in [-0.15, -0.1) is 0 Å². The molecule has 0 fully saturated rings. The van der Waals surface area contributed by atoms with E-state index in [1.807, 2.05) is 22.8 Å². The first-order valence-corrected chi connectivity index (χ1v) is 9.12. The van der Waals surface area contributed by atoms with Gasteiger partial charge < -0.3 is 4.57 Å². The number of unbranched alkanes of at least 4 members (excludes halogenated alkanes) is 3. The molecule has 0 amide bonds. The van der Waals surface area contributed by atoms with Gasteiger partial charge in [-0.3, -0.25) is 4.79 Å². The largest absolute Gasteiger partial charge is 0.308 e. The molecule has 0 aliphatic carbocycles. The Hall–Kier alpha value is -2.09. The van der Waals surface area contributed by atoms with E-state index in [1.54, 1.807) is 0 Å². The zero-order valence-corrected chi connectivity index (χ0v) is 14.8. The average molecular weight is 321 g/mol. The fourth-order valence-electron chi connectivity index (χ4n) is 3.59. The van der Waals surface area contributed by atoms with Gasteiger partial charge in [-0.05, 0) is 23.8 Å². The van der Waals surface area contributed by atoms with Crippen molar-refractivity contribution in [1.29, 1.82) is 0 Å². The number of nitrogens with zero attached hydrogens (tertiary/aromatic N) is 1. The number of rotatable bonds is 7. The van der Waals surface area contributed by atoms with Crippen LogP contribution in [-0.4, -0.2) is 4.57 Å². The lowest BCUT2D eigenvalue weighted by atomic mass is 10.0. The molecule has 2 heteroatoms. The van der Waals surface area contributed by atoms with Crippen LogP contribution in [0.5, 0.6) is 0 Å². The van der Waals surface area contributed by atoms with Crippen molar-refractivity contribution in [3.8, 4) is 0 Å². The molecule has 0 unspecified atom stereocenters. The number of pyridine rings is 1. The van der Waals surface area contributed by atoms with Gasteiger partial charge in [0, 0.05) is 28.1 Å².